The topological polar surface area (TPSA) is 98.1 Å². The highest BCUT2D eigenvalue weighted by atomic mass is 35.5. The summed E-state index contributed by atoms with van der Waals surface area (Å²) in [4.78, 5) is 0. The molecular formula is C44H81ClN4O3S2. The molecular weight excluding hydrogens is 732 g/mol. The molecule has 0 saturated carbocycles. The Labute approximate surface area is 346 Å². The Morgan fingerprint density at radius 1 is 0.389 bits per heavy atom. The van der Waals surface area contributed by atoms with Crippen LogP contribution in [0.15, 0.2) is 48.5 Å². The first-order valence-electron chi connectivity index (χ1n) is 21.2. The minimum atomic E-state index is 0. The van der Waals surface area contributed by atoms with Gasteiger partial charge in [-0.05, 0) is 64.0 Å². The molecule has 0 aromatic heterocycles. The summed E-state index contributed by atoms with van der Waals surface area (Å²) in [5.74, 6) is 4.39. The first-order chi connectivity index (χ1) is 25.8. The predicted molar refractivity (Wildman–Crippen MR) is 243 cm³/mol. The zero-order chi connectivity index (χ0) is 36.8. The van der Waals surface area contributed by atoms with E-state index < -0.39 is 0 Å². The normalized spacial score (nSPS) is 10.9. The van der Waals surface area contributed by atoms with E-state index in [4.69, 9.17) is 9.47 Å². The van der Waals surface area contributed by atoms with Gasteiger partial charge in [0, 0.05) is 48.8 Å². The van der Waals surface area contributed by atoms with Crippen LogP contribution in [0.4, 0.5) is 0 Å². The predicted octanol–water partition coefficient (Wildman–Crippen LogP) is 10.5. The van der Waals surface area contributed by atoms with Gasteiger partial charge in [0.1, 0.15) is 11.5 Å². The van der Waals surface area contributed by atoms with E-state index in [9.17, 15) is 0 Å². The van der Waals surface area contributed by atoms with Crippen molar-refractivity contribution >= 4 is 34.0 Å². The highest BCUT2D eigenvalue weighted by Gasteiger charge is 2.02. The van der Waals surface area contributed by atoms with E-state index in [-0.39, 0.29) is 17.9 Å². The Morgan fingerprint density at radius 2 is 0.667 bits per heavy atom. The molecule has 0 atom stereocenters. The van der Waals surface area contributed by atoms with Crippen molar-refractivity contribution in [2.24, 2.45) is 0 Å². The van der Waals surface area contributed by atoms with E-state index in [1.807, 2.05) is 45.9 Å². The summed E-state index contributed by atoms with van der Waals surface area (Å²) >= 11 is 0. The van der Waals surface area contributed by atoms with E-state index in [0.717, 1.165) is 50.8 Å². The van der Waals surface area contributed by atoms with Gasteiger partial charge in [-0.25, -0.2) is 0 Å². The lowest BCUT2D eigenvalue weighted by atomic mass is 10.1. The number of hydrogen-bond donors (Lipinski definition) is 4. The van der Waals surface area contributed by atoms with Gasteiger partial charge in [0.15, 0.2) is 0 Å². The van der Waals surface area contributed by atoms with Crippen LogP contribution in [0.1, 0.15) is 140 Å². The summed E-state index contributed by atoms with van der Waals surface area (Å²) in [6.07, 6.45) is 27.4. The number of unbranched alkanes of at least 4 members (excludes halogenated alkanes) is 18. The van der Waals surface area contributed by atoms with Crippen LogP contribution in [-0.2, 0) is 13.1 Å². The fourth-order valence-corrected chi connectivity index (χ4v) is 8.47. The summed E-state index contributed by atoms with van der Waals surface area (Å²) < 4.78 is 10.9. The minimum Gasteiger partial charge on any atom is -0.496 e. The molecule has 0 aliphatic carbocycles. The number of rotatable bonds is 39. The van der Waals surface area contributed by atoms with Gasteiger partial charge in [-0.1, -0.05) is 161 Å². The van der Waals surface area contributed by atoms with E-state index in [1.165, 1.54) is 164 Å². The van der Waals surface area contributed by atoms with Crippen molar-refractivity contribution < 1.29 is 14.9 Å². The second-order valence-corrected chi connectivity index (χ2v) is 16.9. The molecule has 0 saturated heterocycles. The highest BCUT2D eigenvalue weighted by Crippen LogP contribution is 2.20. The van der Waals surface area contributed by atoms with Crippen LogP contribution in [0.5, 0.6) is 11.5 Å². The molecule has 0 bridgehead atoms. The Balaban J connectivity index is 0.0000140. The molecule has 2 rings (SSSR count). The average molecular weight is 814 g/mol. The van der Waals surface area contributed by atoms with Gasteiger partial charge < -0.3 is 36.2 Å². The molecule has 0 spiro atoms. The average Bonchev–Trinajstić information content (AvgIpc) is 3.18. The van der Waals surface area contributed by atoms with Crippen LogP contribution in [0.2, 0.25) is 0 Å². The van der Waals surface area contributed by atoms with Gasteiger partial charge in [0.05, 0.1) is 14.2 Å². The SMILES string of the molecule is COc1ccccc1CNCCCCCCCCCCCCNCCSSCCNCCCCCCCCCCCCNCc1ccccc1OC.Cl.O. The van der Waals surface area contributed by atoms with Gasteiger partial charge in [-0.2, -0.15) is 0 Å². The molecule has 0 aliphatic rings. The van der Waals surface area contributed by atoms with Gasteiger partial charge >= 0.3 is 0 Å². The third-order valence-corrected chi connectivity index (χ3v) is 12.1. The summed E-state index contributed by atoms with van der Waals surface area (Å²) in [6.45, 7) is 8.63. The lowest BCUT2D eigenvalue weighted by molar-refractivity contribution is 0.407. The molecule has 6 N–H and O–H groups in total. The van der Waals surface area contributed by atoms with Crippen molar-refractivity contribution in [3.8, 4) is 11.5 Å². The minimum absolute atomic E-state index is 0. The largest absolute Gasteiger partial charge is 0.496 e. The zero-order valence-electron chi connectivity index (χ0n) is 34.4. The van der Waals surface area contributed by atoms with Crippen LogP contribution in [-0.4, -0.2) is 70.5 Å². The van der Waals surface area contributed by atoms with Crippen molar-refractivity contribution in [1.29, 1.82) is 0 Å². The number of nitrogens with one attached hydrogen (secondary N) is 4. The molecule has 0 heterocycles. The molecule has 0 amide bonds. The van der Waals surface area contributed by atoms with E-state index in [2.05, 4.69) is 45.5 Å². The van der Waals surface area contributed by atoms with Crippen LogP contribution in [0.25, 0.3) is 0 Å². The highest BCUT2D eigenvalue weighted by molar-refractivity contribution is 8.76. The molecule has 2 aromatic rings. The van der Waals surface area contributed by atoms with Crippen molar-refractivity contribution in [2.45, 2.75) is 142 Å². The van der Waals surface area contributed by atoms with Crippen molar-refractivity contribution in [3.63, 3.8) is 0 Å². The lowest BCUT2D eigenvalue weighted by Crippen LogP contribution is -2.19. The third kappa shape index (κ3) is 31.0. The maximum absolute atomic E-state index is 5.43. The molecule has 0 aliphatic heterocycles. The summed E-state index contributed by atoms with van der Waals surface area (Å²) in [5, 5.41) is 14.4. The van der Waals surface area contributed by atoms with E-state index >= 15 is 0 Å². The van der Waals surface area contributed by atoms with Gasteiger partial charge in [-0.3, -0.25) is 0 Å². The number of para-hydroxylation sites is 2. The second-order valence-electron chi connectivity index (χ2n) is 14.2. The molecule has 7 nitrogen and oxygen atoms in total. The zero-order valence-corrected chi connectivity index (χ0v) is 36.8. The molecule has 2 aromatic carbocycles. The third-order valence-electron chi connectivity index (χ3n) is 9.74. The second kappa shape index (κ2) is 41.5. The van der Waals surface area contributed by atoms with Crippen LogP contribution < -0.4 is 30.7 Å². The summed E-state index contributed by atoms with van der Waals surface area (Å²) in [6, 6.07) is 16.6. The first-order valence-corrected chi connectivity index (χ1v) is 23.6. The summed E-state index contributed by atoms with van der Waals surface area (Å²) in [5.41, 5.74) is 2.49. The smallest absolute Gasteiger partial charge is 0.123 e. The number of halogens is 1. The Morgan fingerprint density at radius 3 is 0.981 bits per heavy atom. The Kier molecular flexibility index (Phi) is 40.6. The quantitative estimate of drug-likeness (QED) is 0.0391. The van der Waals surface area contributed by atoms with Gasteiger partial charge in [0.25, 0.3) is 0 Å². The molecule has 54 heavy (non-hydrogen) atoms. The van der Waals surface area contributed by atoms with E-state index in [1.54, 1.807) is 14.2 Å². The fourth-order valence-electron chi connectivity index (χ4n) is 6.57. The number of ether oxygens (including phenoxy) is 2. The standard InChI is InChI=1S/C44H78N4O2S2.ClH.H2O/c1-49-43-29-21-19-27-41(43)39-47-33-25-17-13-9-5-3-7-11-15-23-31-45-35-37-51-52-38-36-46-32-24-16-12-8-4-6-10-14-18-26-34-48-40-42-28-20-22-30-44(42)50-2;;/h19-22,27-30,45-48H,3-18,23-26,31-40H2,1-2H3;1H;1H2. The molecule has 0 fully saturated rings. The Hall–Kier alpha value is -1.17. The van der Waals surface area contributed by atoms with Crippen LogP contribution in [0, 0.1) is 0 Å². The fraction of sp³-hybridized carbons (Fsp3) is 0.727. The lowest BCUT2D eigenvalue weighted by Gasteiger charge is -2.09. The molecule has 0 unspecified atom stereocenters. The maximum Gasteiger partial charge on any atom is 0.123 e. The van der Waals surface area contributed by atoms with Crippen LogP contribution in [0.3, 0.4) is 0 Å². The van der Waals surface area contributed by atoms with Crippen LogP contribution >= 0.6 is 34.0 Å². The van der Waals surface area contributed by atoms with Crippen molar-refractivity contribution in [3.05, 3.63) is 59.7 Å². The number of hydrogen-bond acceptors (Lipinski definition) is 8. The molecule has 0 radical (unpaired) electrons. The maximum atomic E-state index is 5.43. The molecule has 314 valence electrons. The monoisotopic (exact) mass is 813 g/mol. The Bertz CT molecular complexity index is 977. The number of methoxy groups -OCH3 is 2. The van der Waals surface area contributed by atoms with Gasteiger partial charge in [-0.15, -0.1) is 12.4 Å². The summed E-state index contributed by atoms with van der Waals surface area (Å²) in [7, 11) is 7.55. The first kappa shape index (κ1) is 52.8. The molecule has 10 heteroatoms. The van der Waals surface area contributed by atoms with Crippen molar-refractivity contribution in [1.82, 2.24) is 21.3 Å². The number of benzene rings is 2. The van der Waals surface area contributed by atoms with E-state index in [0.29, 0.717) is 0 Å². The van der Waals surface area contributed by atoms with Gasteiger partial charge in [0.2, 0.25) is 0 Å². The van der Waals surface area contributed by atoms with Crippen molar-refractivity contribution in [2.75, 3.05) is 65.0 Å².